The molecule has 0 unspecified atom stereocenters. The average molecular weight is 220 g/mol. The van der Waals surface area contributed by atoms with Crippen molar-refractivity contribution >= 4 is 5.69 Å². The second-order valence-electron chi connectivity index (χ2n) is 4.44. The first-order valence-corrected chi connectivity index (χ1v) is 6.18. The highest BCUT2D eigenvalue weighted by Gasteiger charge is 2.21. The zero-order chi connectivity index (χ0) is 11.4. The molecule has 16 heavy (non-hydrogen) atoms. The fourth-order valence-corrected chi connectivity index (χ4v) is 2.42. The Morgan fingerprint density at radius 3 is 2.75 bits per heavy atom. The number of benzene rings is 1. The highest BCUT2D eigenvalue weighted by atomic mass is 19.1. The Labute approximate surface area is 97.3 Å². The van der Waals surface area contributed by atoms with Crippen molar-refractivity contribution in [3.05, 3.63) is 36.6 Å². The first kappa shape index (κ1) is 11.4. The Bertz CT molecular complexity index is 318. The molecule has 0 saturated carbocycles. The molecule has 0 aliphatic carbocycles. The van der Waals surface area contributed by atoms with Crippen LogP contribution < -0.4 is 4.90 Å². The van der Waals surface area contributed by atoms with E-state index in [0.29, 0.717) is 6.04 Å². The van der Waals surface area contributed by atoms with Crippen molar-refractivity contribution in [2.24, 2.45) is 0 Å². The normalized spacial score (nSPS) is 21.1. The predicted molar refractivity (Wildman–Crippen MR) is 65.7 cm³/mol. The number of nitrogens with zero attached hydrogens (tertiary/aromatic N) is 1. The Kier molecular flexibility index (Phi) is 3.81. The van der Waals surface area contributed by atoms with E-state index in [4.69, 9.17) is 0 Å². The van der Waals surface area contributed by atoms with Crippen molar-refractivity contribution < 1.29 is 4.39 Å². The first-order valence-electron chi connectivity index (χ1n) is 6.18. The monoisotopic (exact) mass is 220 g/mol. The van der Waals surface area contributed by atoms with Crippen LogP contribution in [0.3, 0.4) is 0 Å². The maximum atomic E-state index is 12.9. The van der Waals surface area contributed by atoms with Crippen molar-refractivity contribution in [1.82, 2.24) is 0 Å². The maximum absolute atomic E-state index is 12.9. The zero-order valence-electron chi connectivity index (χ0n) is 9.82. The molecule has 0 N–H and O–H groups in total. The molecule has 1 radical (unpaired) electrons. The van der Waals surface area contributed by atoms with Gasteiger partial charge >= 0.3 is 0 Å². The minimum absolute atomic E-state index is 0.159. The summed E-state index contributed by atoms with van der Waals surface area (Å²) in [4.78, 5) is 2.33. The minimum atomic E-state index is -0.159. The first-order chi connectivity index (χ1) is 7.81. The molecule has 1 aliphatic rings. The van der Waals surface area contributed by atoms with E-state index >= 15 is 0 Å². The van der Waals surface area contributed by atoms with Crippen molar-refractivity contribution in [3.63, 3.8) is 0 Å². The Morgan fingerprint density at radius 1 is 1.31 bits per heavy atom. The summed E-state index contributed by atoms with van der Waals surface area (Å²) >= 11 is 0. The van der Waals surface area contributed by atoms with Crippen molar-refractivity contribution in [1.29, 1.82) is 0 Å². The summed E-state index contributed by atoms with van der Waals surface area (Å²) < 4.78 is 12.9. The molecule has 0 spiro atoms. The molecule has 1 aliphatic heterocycles. The van der Waals surface area contributed by atoms with Gasteiger partial charge in [-0.05, 0) is 49.9 Å². The van der Waals surface area contributed by atoms with Gasteiger partial charge in [0, 0.05) is 18.3 Å². The molecular formula is C14H19FN. The number of hydrogen-bond acceptors (Lipinski definition) is 1. The summed E-state index contributed by atoms with van der Waals surface area (Å²) in [7, 11) is 0. The topological polar surface area (TPSA) is 3.24 Å². The summed E-state index contributed by atoms with van der Waals surface area (Å²) in [6, 6.07) is 7.44. The van der Waals surface area contributed by atoms with Crippen molar-refractivity contribution in [2.75, 3.05) is 4.90 Å². The molecule has 1 nitrogen and oxygen atoms in total. The van der Waals surface area contributed by atoms with Crippen LogP contribution in [0.2, 0.25) is 0 Å². The second-order valence-corrected chi connectivity index (χ2v) is 4.44. The number of rotatable bonds is 3. The molecule has 1 fully saturated rings. The third-order valence-electron chi connectivity index (χ3n) is 3.21. The summed E-state index contributed by atoms with van der Waals surface area (Å²) in [5.74, 6) is -0.159. The van der Waals surface area contributed by atoms with Crippen LogP contribution in [0.15, 0.2) is 24.3 Å². The van der Waals surface area contributed by atoms with Crippen molar-refractivity contribution in [2.45, 2.75) is 45.1 Å². The van der Waals surface area contributed by atoms with E-state index in [0.717, 1.165) is 12.1 Å². The van der Waals surface area contributed by atoms with Gasteiger partial charge in [0.05, 0.1) is 0 Å². The summed E-state index contributed by atoms with van der Waals surface area (Å²) in [6.07, 6.45) is 6.09. The lowest BCUT2D eigenvalue weighted by atomic mass is 9.97. The molecule has 2 heteroatoms. The summed E-state index contributed by atoms with van der Waals surface area (Å²) in [5.41, 5.74) is 1.12. The van der Waals surface area contributed by atoms with Crippen LogP contribution in [-0.4, -0.2) is 6.04 Å². The van der Waals surface area contributed by atoms with Gasteiger partial charge in [0.25, 0.3) is 0 Å². The van der Waals surface area contributed by atoms with E-state index in [1.54, 1.807) is 12.1 Å². The van der Waals surface area contributed by atoms with Crippen LogP contribution in [0, 0.1) is 12.4 Å². The molecule has 1 aromatic carbocycles. The Morgan fingerprint density at radius 2 is 2.06 bits per heavy atom. The molecular weight excluding hydrogens is 201 g/mol. The summed E-state index contributed by atoms with van der Waals surface area (Å²) in [5, 5.41) is 0. The molecule has 1 heterocycles. The molecule has 1 atom stereocenters. The third kappa shape index (κ3) is 2.55. The van der Waals surface area contributed by atoms with E-state index in [-0.39, 0.29) is 5.82 Å². The lowest BCUT2D eigenvalue weighted by molar-refractivity contribution is 0.467. The Hall–Kier alpha value is -1.05. The molecule has 2 rings (SSSR count). The van der Waals surface area contributed by atoms with Crippen molar-refractivity contribution in [3.8, 4) is 0 Å². The fourth-order valence-electron chi connectivity index (χ4n) is 2.42. The van der Waals surface area contributed by atoms with E-state index in [1.807, 2.05) is 12.1 Å². The number of anilines is 1. The lowest BCUT2D eigenvalue weighted by Crippen LogP contribution is -2.36. The van der Waals surface area contributed by atoms with Gasteiger partial charge in [-0.15, -0.1) is 0 Å². The maximum Gasteiger partial charge on any atom is 0.123 e. The standard InChI is InChI=1S/C14H19FN/c1-2-5-13-6-3-4-11-16(13)14-9-7-12(15)8-10-14/h7-11,13H,2-6H2,1H3/t13-/m1/s1. The zero-order valence-corrected chi connectivity index (χ0v) is 9.82. The van der Waals surface area contributed by atoms with Gasteiger partial charge in [-0.3, -0.25) is 0 Å². The highest BCUT2D eigenvalue weighted by molar-refractivity contribution is 5.49. The van der Waals surface area contributed by atoms with Crippen LogP contribution in [-0.2, 0) is 0 Å². The van der Waals surface area contributed by atoms with E-state index in [2.05, 4.69) is 18.4 Å². The number of hydrogen-bond donors (Lipinski definition) is 0. The van der Waals surface area contributed by atoms with E-state index in [1.165, 1.54) is 25.7 Å². The van der Waals surface area contributed by atoms with Crippen LogP contribution in [0.1, 0.15) is 39.0 Å². The molecule has 0 amide bonds. The van der Waals surface area contributed by atoms with Gasteiger partial charge < -0.3 is 4.90 Å². The van der Waals surface area contributed by atoms with Gasteiger partial charge in [0.2, 0.25) is 0 Å². The van der Waals surface area contributed by atoms with E-state index < -0.39 is 0 Å². The molecule has 0 bridgehead atoms. The average Bonchev–Trinajstić information content (AvgIpc) is 2.32. The number of halogens is 1. The molecule has 1 aromatic rings. The SMILES string of the molecule is CCC[C@@H]1CCC[CH]N1c1ccc(F)cc1. The molecule has 87 valence electrons. The van der Waals surface area contributed by atoms with E-state index in [9.17, 15) is 4.39 Å². The second kappa shape index (κ2) is 5.33. The smallest absolute Gasteiger partial charge is 0.123 e. The van der Waals surface area contributed by atoms with Crippen LogP contribution in [0.4, 0.5) is 10.1 Å². The number of piperidine rings is 1. The van der Waals surface area contributed by atoms with Crippen LogP contribution >= 0.6 is 0 Å². The van der Waals surface area contributed by atoms with Gasteiger partial charge in [0.15, 0.2) is 0 Å². The minimum Gasteiger partial charge on any atom is -0.363 e. The van der Waals surface area contributed by atoms with Gasteiger partial charge in [-0.1, -0.05) is 13.3 Å². The molecule has 0 aromatic heterocycles. The Balaban J connectivity index is 2.13. The van der Waals surface area contributed by atoms with Crippen LogP contribution in [0.5, 0.6) is 0 Å². The predicted octanol–water partition coefficient (Wildman–Crippen LogP) is 4.15. The fraction of sp³-hybridized carbons (Fsp3) is 0.500. The van der Waals surface area contributed by atoms with Gasteiger partial charge in [-0.2, -0.15) is 0 Å². The quantitative estimate of drug-likeness (QED) is 0.739. The highest BCUT2D eigenvalue weighted by Crippen LogP contribution is 2.29. The van der Waals surface area contributed by atoms with Gasteiger partial charge in [-0.25, -0.2) is 4.39 Å². The molecule has 1 saturated heterocycles. The van der Waals surface area contributed by atoms with Gasteiger partial charge in [0.1, 0.15) is 5.82 Å². The lowest BCUT2D eigenvalue weighted by Gasteiger charge is -2.37. The largest absolute Gasteiger partial charge is 0.363 e. The third-order valence-corrected chi connectivity index (χ3v) is 3.21. The summed E-state index contributed by atoms with van der Waals surface area (Å²) in [6.45, 7) is 4.48. The van der Waals surface area contributed by atoms with Crippen LogP contribution in [0.25, 0.3) is 0 Å².